The lowest BCUT2D eigenvalue weighted by Gasteiger charge is -2.08. The number of esters is 1. The van der Waals surface area contributed by atoms with Crippen LogP contribution < -0.4 is 5.32 Å². The molecule has 0 bridgehead atoms. The third kappa shape index (κ3) is 4.14. The molecule has 0 heterocycles. The molecule has 0 atom stereocenters. The fourth-order valence-corrected chi connectivity index (χ4v) is 1.36. The Morgan fingerprint density at radius 2 is 1.90 bits per heavy atom. The number of hydrogen-bond acceptors (Lipinski definition) is 5. The first-order valence-corrected chi connectivity index (χ1v) is 5.79. The van der Waals surface area contributed by atoms with E-state index in [9.17, 15) is 14.4 Å². The van der Waals surface area contributed by atoms with Crippen molar-refractivity contribution < 1.29 is 23.9 Å². The monoisotopic (exact) mass is 275 g/mol. The van der Waals surface area contributed by atoms with Gasteiger partial charge in [0.1, 0.15) is 0 Å². The fourth-order valence-electron chi connectivity index (χ4n) is 1.36. The topological polar surface area (TPSA) is 81.7 Å². The maximum Gasteiger partial charge on any atom is 0.516 e. The zero-order valence-electron chi connectivity index (χ0n) is 10.8. The van der Waals surface area contributed by atoms with Gasteiger partial charge in [0.2, 0.25) is 0 Å². The van der Waals surface area contributed by atoms with Crippen LogP contribution in [0.25, 0.3) is 0 Å². The maximum atomic E-state index is 11.8. The van der Waals surface area contributed by atoms with Gasteiger partial charge in [-0.15, -0.1) is 6.42 Å². The Morgan fingerprint density at radius 1 is 1.25 bits per heavy atom. The van der Waals surface area contributed by atoms with Crippen LogP contribution in [0.15, 0.2) is 24.3 Å². The summed E-state index contributed by atoms with van der Waals surface area (Å²) in [6, 6.07) is 5.91. The summed E-state index contributed by atoms with van der Waals surface area (Å²) >= 11 is 0. The predicted molar refractivity (Wildman–Crippen MR) is 70.0 cm³/mol. The number of terminal acetylenes is 1. The van der Waals surface area contributed by atoms with Crippen molar-refractivity contribution in [3.05, 3.63) is 35.4 Å². The first kappa shape index (κ1) is 15.2. The van der Waals surface area contributed by atoms with Gasteiger partial charge < -0.3 is 14.8 Å². The molecule has 1 aromatic carbocycles. The van der Waals surface area contributed by atoms with Crippen LogP contribution in [0.5, 0.6) is 0 Å². The van der Waals surface area contributed by atoms with E-state index >= 15 is 0 Å². The van der Waals surface area contributed by atoms with Crippen LogP contribution in [-0.4, -0.2) is 31.2 Å². The van der Waals surface area contributed by atoms with E-state index in [1.807, 2.05) is 0 Å². The molecule has 0 unspecified atom stereocenters. The SMILES string of the molecule is C#CCNC(=O)c1ccccc1C(=O)OC(=O)OCC. The number of carbonyl (C=O) groups is 3. The quantitative estimate of drug-likeness (QED) is 0.510. The van der Waals surface area contributed by atoms with E-state index in [1.165, 1.54) is 12.1 Å². The fraction of sp³-hybridized carbons (Fsp3) is 0.214. The molecule has 0 radical (unpaired) electrons. The lowest BCUT2D eigenvalue weighted by Crippen LogP contribution is -2.26. The van der Waals surface area contributed by atoms with Crippen molar-refractivity contribution in [2.45, 2.75) is 6.92 Å². The van der Waals surface area contributed by atoms with Crippen LogP contribution in [0, 0.1) is 12.3 Å². The zero-order valence-corrected chi connectivity index (χ0v) is 10.8. The molecule has 0 aliphatic heterocycles. The van der Waals surface area contributed by atoms with Crippen LogP contribution in [0.1, 0.15) is 27.6 Å². The molecule has 0 saturated carbocycles. The molecule has 0 aromatic heterocycles. The van der Waals surface area contributed by atoms with Crippen LogP contribution >= 0.6 is 0 Å². The standard InChI is InChI=1S/C14H13NO5/c1-3-9-15-12(16)10-7-5-6-8-11(10)13(17)20-14(18)19-4-2/h1,5-8H,4,9H2,2H3,(H,15,16). The first-order valence-electron chi connectivity index (χ1n) is 5.79. The Bertz CT molecular complexity index is 559. The van der Waals surface area contributed by atoms with Gasteiger partial charge in [-0.2, -0.15) is 0 Å². The second-order valence-electron chi connectivity index (χ2n) is 3.50. The van der Waals surface area contributed by atoms with Crippen LogP contribution in [0.4, 0.5) is 4.79 Å². The minimum atomic E-state index is -1.11. The molecule has 1 rings (SSSR count). The van der Waals surface area contributed by atoms with Gasteiger partial charge in [0, 0.05) is 0 Å². The Balaban J connectivity index is 2.90. The number of ether oxygens (including phenoxy) is 2. The van der Waals surface area contributed by atoms with Gasteiger partial charge >= 0.3 is 12.1 Å². The van der Waals surface area contributed by atoms with E-state index in [1.54, 1.807) is 19.1 Å². The molecule has 20 heavy (non-hydrogen) atoms. The molecule has 1 amide bonds. The molecule has 1 N–H and O–H groups in total. The Hall–Kier alpha value is -2.81. The summed E-state index contributed by atoms with van der Waals surface area (Å²) in [4.78, 5) is 34.7. The van der Waals surface area contributed by atoms with Crippen LogP contribution in [0.2, 0.25) is 0 Å². The van der Waals surface area contributed by atoms with Crippen molar-refractivity contribution in [1.82, 2.24) is 5.32 Å². The second kappa shape index (κ2) is 7.59. The molecule has 0 aliphatic carbocycles. The Labute approximate surface area is 116 Å². The van der Waals surface area contributed by atoms with Crippen molar-refractivity contribution in [3.8, 4) is 12.3 Å². The third-order valence-corrected chi connectivity index (χ3v) is 2.18. The van der Waals surface area contributed by atoms with Gasteiger partial charge in [-0.3, -0.25) is 4.79 Å². The van der Waals surface area contributed by atoms with Gasteiger partial charge in [0.25, 0.3) is 5.91 Å². The number of rotatable bonds is 4. The summed E-state index contributed by atoms with van der Waals surface area (Å²) in [6.07, 6.45) is 3.92. The maximum absolute atomic E-state index is 11.8. The van der Waals surface area contributed by atoms with E-state index < -0.39 is 18.0 Å². The summed E-state index contributed by atoms with van der Waals surface area (Å²) in [5.74, 6) is 0.752. The molecule has 0 fully saturated rings. The minimum Gasteiger partial charge on any atom is -0.434 e. The molecule has 6 heteroatoms. The molecular weight excluding hydrogens is 262 g/mol. The largest absolute Gasteiger partial charge is 0.516 e. The number of nitrogens with one attached hydrogen (secondary N) is 1. The molecule has 1 aromatic rings. The molecular formula is C14H13NO5. The summed E-state index contributed by atoms with van der Waals surface area (Å²) in [5, 5.41) is 2.42. The highest BCUT2D eigenvalue weighted by molar-refractivity contribution is 6.07. The van der Waals surface area contributed by atoms with E-state index in [0.29, 0.717) is 0 Å². The Morgan fingerprint density at radius 3 is 2.50 bits per heavy atom. The summed E-state index contributed by atoms with van der Waals surface area (Å²) in [7, 11) is 0. The van der Waals surface area contributed by atoms with Crippen molar-refractivity contribution in [2.75, 3.05) is 13.2 Å². The first-order chi connectivity index (χ1) is 9.60. The van der Waals surface area contributed by atoms with E-state index in [4.69, 9.17) is 6.42 Å². The second-order valence-corrected chi connectivity index (χ2v) is 3.50. The lowest BCUT2D eigenvalue weighted by molar-refractivity contribution is 0.0399. The van der Waals surface area contributed by atoms with Crippen molar-refractivity contribution in [2.24, 2.45) is 0 Å². The number of amides is 1. The molecule has 0 saturated heterocycles. The number of carbonyl (C=O) groups excluding carboxylic acids is 3. The highest BCUT2D eigenvalue weighted by atomic mass is 16.7. The average molecular weight is 275 g/mol. The molecule has 6 nitrogen and oxygen atoms in total. The van der Waals surface area contributed by atoms with Crippen molar-refractivity contribution >= 4 is 18.0 Å². The summed E-state index contributed by atoms with van der Waals surface area (Å²) in [6.45, 7) is 1.68. The smallest absolute Gasteiger partial charge is 0.434 e. The lowest BCUT2D eigenvalue weighted by atomic mass is 10.1. The third-order valence-electron chi connectivity index (χ3n) is 2.18. The number of hydrogen-bond donors (Lipinski definition) is 1. The number of benzene rings is 1. The normalized spacial score (nSPS) is 9.20. The summed E-state index contributed by atoms with van der Waals surface area (Å²) in [5.41, 5.74) is 0.0205. The molecule has 0 spiro atoms. The summed E-state index contributed by atoms with van der Waals surface area (Å²) < 4.78 is 8.94. The van der Waals surface area contributed by atoms with Crippen molar-refractivity contribution in [3.63, 3.8) is 0 Å². The van der Waals surface area contributed by atoms with Gasteiger partial charge in [-0.05, 0) is 19.1 Å². The minimum absolute atomic E-state index is 0.0279. The van der Waals surface area contributed by atoms with Crippen molar-refractivity contribution in [1.29, 1.82) is 0 Å². The van der Waals surface area contributed by atoms with Crippen LogP contribution in [0.3, 0.4) is 0 Å². The van der Waals surface area contributed by atoms with Crippen LogP contribution in [-0.2, 0) is 9.47 Å². The van der Waals surface area contributed by atoms with Gasteiger partial charge in [0.05, 0.1) is 24.3 Å². The predicted octanol–water partition coefficient (Wildman–Crippen LogP) is 1.36. The highest BCUT2D eigenvalue weighted by Crippen LogP contribution is 2.11. The Kier molecular flexibility index (Phi) is 5.78. The molecule has 0 aliphatic rings. The van der Waals surface area contributed by atoms with E-state index in [-0.39, 0.29) is 24.3 Å². The average Bonchev–Trinajstić information content (AvgIpc) is 2.44. The van der Waals surface area contributed by atoms with Gasteiger partial charge in [-0.1, -0.05) is 18.1 Å². The van der Waals surface area contributed by atoms with Gasteiger partial charge in [0.15, 0.2) is 0 Å². The zero-order chi connectivity index (χ0) is 15.0. The molecule has 104 valence electrons. The van der Waals surface area contributed by atoms with Gasteiger partial charge in [-0.25, -0.2) is 9.59 Å². The van der Waals surface area contributed by atoms with E-state index in [2.05, 4.69) is 20.7 Å². The van der Waals surface area contributed by atoms with E-state index in [0.717, 1.165) is 0 Å². The highest BCUT2D eigenvalue weighted by Gasteiger charge is 2.20.